The number of ketones is 1. The molecule has 1 aliphatic rings. The van der Waals surface area contributed by atoms with E-state index < -0.39 is 5.97 Å². The number of ether oxygens (including phenoxy) is 2. The Kier molecular flexibility index (Phi) is 5.57. The second-order valence-corrected chi connectivity index (χ2v) is 6.86. The van der Waals surface area contributed by atoms with Gasteiger partial charge in [0.2, 0.25) is 5.78 Å². The van der Waals surface area contributed by atoms with Crippen LogP contribution in [0.5, 0.6) is 11.5 Å². The van der Waals surface area contributed by atoms with E-state index >= 15 is 0 Å². The first kappa shape index (κ1) is 19.4. The summed E-state index contributed by atoms with van der Waals surface area (Å²) in [5.41, 5.74) is 3.47. The lowest BCUT2D eigenvalue weighted by molar-refractivity contribution is -0.128. The van der Waals surface area contributed by atoms with E-state index in [1.807, 2.05) is 54.6 Å². The number of hydrogen-bond acceptors (Lipinski definition) is 4. The summed E-state index contributed by atoms with van der Waals surface area (Å²) in [5.74, 6) is 0.259. The van der Waals surface area contributed by atoms with Crippen LogP contribution in [0, 0.1) is 0 Å². The molecule has 1 heterocycles. The van der Waals surface area contributed by atoms with Gasteiger partial charge in [-0.15, -0.1) is 0 Å². The molecule has 0 radical (unpaired) electrons. The summed E-state index contributed by atoms with van der Waals surface area (Å²) in [4.78, 5) is 24.7. The Labute approximate surface area is 175 Å². The summed E-state index contributed by atoms with van der Waals surface area (Å²) in [7, 11) is 0. The zero-order valence-corrected chi connectivity index (χ0v) is 16.5. The van der Waals surface area contributed by atoms with Crippen molar-refractivity contribution in [3.05, 3.63) is 107 Å². The molecule has 0 amide bonds. The van der Waals surface area contributed by atoms with Gasteiger partial charge in [0, 0.05) is 12.1 Å². The number of rotatable bonds is 5. The van der Waals surface area contributed by atoms with Gasteiger partial charge in [0.15, 0.2) is 5.76 Å². The SMILES string of the molecule is CCc1ccc(/C=C2/Oc3cc(OC(=O)/C=C/c4ccccc4)ccc3C2=O)cc1. The summed E-state index contributed by atoms with van der Waals surface area (Å²) in [6.07, 6.45) is 5.72. The van der Waals surface area contributed by atoms with E-state index in [0.717, 1.165) is 17.5 Å². The molecule has 0 saturated heterocycles. The van der Waals surface area contributed by atoms with Crippen molar-refractivity contribution >= 4 is 23.9 Å². The molecule has 0 bridgehead atoms. The lowest BCUT2D eigenvalue weighted by Gasteiger charge is -2.03. The Morgan fingerprint density at radius 3 is 2.47 bits per heavy atom. The lowest BCUT2D eigenvalue weighted by Crippen LogP contribution is -2.03. The van der Waals surface area contributed by atoms with Gasteiger partial charge in [-0.25, -0.2) is 4.79 Å². The minimum Gasteiger partial charge on any atom is -0.452 e. The largest absolute Gasteiger partial charge is 0.452 e. The molecule has 4 heteroatoms. The van der Waals surface area contributed by atoms with Crippen molar-refractivity contribution in [2.24, 2.45) is 0 Å². The molecular formula is C26H20O4. The van der Waals surface area contributed by atoms with Crippen molar-refractivity contribution in [1.82, 2.24) is 0 Å². The molecule has 0 saturated carbocycles. The Morgan fingerprint density at radius 1 is 0.967 bits per heavy atom. The first-order valence-electron chi connectivity index (χ1n) is 9.74. The molecule has 4 rings (SSSR count). The Bertz CT molecular complexity index is 1140. The van der Waals surface area contributed by atoms with E-state index in [-0.39, 0.29) is 11.5 Å². The highest BCUT2D eigenvalue weighted by Gasteiger charge is 2.27. The third-order valence-electron chi connectivity index (χ3n) is 4.76. The molecule has 0 fully saturated rings. The average molecular weight is 396 g/mol. The maximum atomic E-state index is 12.6. The van der Waals surface area contributed by atoms with E-state index in [1.54, 1.807) is 30.4 Å². The van der Waals surface area contributed by atoms with E-state index in [4.69, 9.17) is 9.47 Å². The van der Waals surface area contributed by atoms with E-state index in [2.05, 4.69) is 6.92 Å². The molecule has 4 nitrogen and oxygen atoms in total. The topological polar surface area (TPSA) is 52.6 Å². The smallest absolute Gasteiger partial charge is 0.336 e. The van der Waals surface area contributed by atoms with E-state index in [9.17, 15) is 9.59 Å². The van der Waals surface area contributed by atoms with Crippen LogP contribution in [0.1, 0.15) is 34.0 Å². The van der Waals surface area contributed by atoms with Crippen LogP contribution in [-0.4, -0.2) is 11.8 Å². The van der Waals surface area contributed by atoms with Gasteiger partial charge in [-0.05, 0) is 47.4 Å². The van der Waals surface area contributed by atoms with Gasteiger partial charge in [0.1, 0.15) is 11.5 Å². The van der Waals surface area contributed by atoms with Gasteiger partial charge in [-0.1, -0.05) is 61.5 Å². The molecule has 3 aromatic carbocycles. The third kappa shape index (κ3) is 4.39. The second kappa shape index (κ2) is 8.62. The molecule has 0 aromatic heterocycles. The fourth-order valence-electron chi connectivity index (χ4n) is 3.11. The molecule has 0 N–H and O–H groups in total. The zero-order valence-electron chi connectivity index (χ0n) is 16.5. The molecule has 30 heavy (non-hydrogen) atoms. The maximum absolute atomic E-state index is 12.6. The monoisotopic (exact) mass is 396 g/mol. The Balaban J connectivity index is 1.47. The van der Waals surface area contributed by atoms with Gasteiger partial charge in [-0.2, -0.15) is 0 Å². The standard InChI is InChI=1S/C26H20O4/c1-2-18-8-10-20(11-9-18)16-24-26(28)22-14-13-21(17-23(22)30-24)29-25(27)15-12-19-6-4-3-5-7-19/h3-17H,2H2,1H3/b15-12+,24-16+. The molecule has 1 aliphatic heterocycles. The number of fused-ring (bicyclic) bond motifs is 1. The molecule has 0 aliphatic carbocycles. The van der Waals surface area contributed by atoms with Crippen LogP contribution in [0.15, 0.2) is 84.6 Å². The van der Waals surface area contributed by atoms with Crippen LogP contribution >= 0.6 is 0 Å². The first-order chi connectivity index (χ1) is 14.6. The van der Waals surface area contributed by atoms with Crippen molar-refractivity contribution in [2.75, 3.05) is 0 Å². The highest BCUT2D eigenvalue weighted by Crippen LogP contribution is 2.35. The lowest BCUT2D eigenvalue weighted by atomic mass is 10.1. The average Bonchev–Trinajstić information content (AvgIpc) is 3.08. The molecule has 0 unspecified atom stereocenters. The second-order valence-electron chi connectivity index (χ2n) is 6.86. The number of hydrogen-bond donors (Lipinski definition) is 0. The van der Waals surface area contributed by atoms with Gasteiger partial charge < -0.3 is 9.47 Å². The maximum Gasteiger partial charge on any atom is 0.336 e. The minimum absolute atomic E-state index is 0.189. The minimum atomic E-state index is -0.505. The molecular weight excluding hydrogens is 376 g/mol. The fraction of sp³-hybridized carbons (Fsp3) is 0.0769. The normalized spacial score (nSPS) is 14.0. The van der Waals surface area contributed by atoms with Gasteiger partial charge in [0.25, 0.3) is 0 Å². The van der Waals surface area contributed by atoms with E-state index in [0.29, 0.717) is 17.1 Å². The van der Waals surface area contributed by atoms with Crippen molar-refractivity contribution in [3.63, 3.8) is 0 Å². The van der Waals surface area contributed by atoms with Crippen molar-refractivity contribution in [2.45, 2.75) is 13.3 Å². The zero-order chi connectivity index (χ0) is 20.9. The third-order valence-corrected chi connectivity index (χ3v) is 4.76. The number of Topliss-reactive ketones (excluding diaryl/α,β-unsaturated/α-hetero) is 1. The predicted octanol–water partition coefficient (Wildman–Crippen LogP) is 5.48. The van der Waals surface area contributed by atoms with Crippen molar-refractivity contribution in [1.29, 1.82) is 0 Å². The van der Waals surface area contributed by atoms with Gasteiger partial charge >= 0.3 is 5.97 Å². The number of benzene rings is 3. The first-order valence-corrected chi connectivity index (χ1v) is 9.74. The Morgan fingerprint density at radius 2 is 1.73 bits per heavy atom. The van der Waals surface area contributed by atoms with Crippen LogP contribution in [0.25, 0.3) is 12.2 Å². The number of carbonyl (C=O) groups is 2. The van der Waals surface area contributed by atoms with Gasteiger partial charge in [-0.3, -0.25) is 4.79 Å². The van der Waals surface area contributed by atoms with Crippen LogP contribution in [0.2, 0.25) is 0 Å². The highest BCUT2D eigenvalue weighted by molar-refractivity contribution is 6.14. The predicted molar refractivity (Wildman–Crippen MR) is 116 cm³/mol. The summed E-state index contributed by atoms with van der Waals surface area (Å²) >= 11 is 0. The number of aryl methyl sites for hydroxylation is 1. The van der Waals surface area contributed by atoms with Gasteiger partial charge in [0.05, 0.1) is 5.56 Å². The summed E-state index contributed by atoms with van der Waals surface area (Å²) < 4.78 is 11.1. The Hall–Kier alpha value is -3.92. The van der Waals surface area contributed by atoms with E-state index in [1.165, 1.54) is 11.6 Å². The molecule has 3 aromatic rings. The number of allylic oxidation sites excluding steroid dienone is 1. The molecule has 0 spiro atoms. The molecule has 0 atom stereocenters. The van der Waals surface area contributed by atoms with Crippen LogP contribution in [-0.2, 0) is 11.2 Å². The van der Waals surface area contributed by atoms with Crippen LogP contribution < -0.4 is 9.47 Å². The van der Waals surface area contributed by atoms with Crippen LogP contribution in [0.3, 0.4) is 0 Å². The summed E-state index contributed by atoms with van der Waals surface area (Å²) in [6, 6.07) is 22.2. The molecule has 148 valence electrons. The van der Waals surface area contributed by atoms with Crippen LogP contribution in [0.4, 0.5) is 0 Å². The number of carbonyl (C=O) groups excluding carboxylic acids is 2. The van der Waals surface area contributed by atoms with Crippen molar-refractivity contribution < 1.29 is 19.1 Å². The van der Waals surface area contributed by atoms with Crippen molar-refractivity contribution in [3.8, 4) is 11.5 Å². The summed E-state index contributed by atoms with van der Waals surface area (Å²) in [5, 5.41) is 0. The quantitative estimate of drug-likeness (QED) is 0.325. The summed E-state index contributed by atoms with van der Waals surface area (Å²) in [6.45, 7) is 2.09. The number of esters is 1. The highest BCUT2D eigenvalue weighted by atomic mass is 16.5. The fourth-order valence-corrected chi connectivity index (χ4v) is 3.11.